The van der Waals surface area contributed by atoms with E-state index in [1.54, 1.807) is 24.3 Å². The van der Waals surface area contributed by atoms with Crippen LogP contribution in [0.15, 0.2) is 227 Å². The van der Waals surface area contributed by atoms with Crippen molar-refractivity contribution in [2.75, 3.05) is 9.80 Å². The number of hydrogen-bond acceptors (Lipinski definition) is 4. The van der Waals surface area contributed by atoms with Crippen molar-refractivity contribution in [3.8, 4) is 22.3 Å². The number of furan rings is 2. The molecule has 0 saturated heterocycles. The van der Waals surface area contributed by atoms with E-state index < -0.39 is 0 Å². The summed E-state index contributed by atoms with van der Waals surface area (Å²) in [5.74, 6) is -0.630. The third kappa shape index (κ3) is 6.94. The number of benzene rings is 12. The summed E-state index contributed by atoms with van der Waals surface area (Å²) >= 11 is 0. The second-order valence-corrected chi connectivity index (χ2v) is 20.5. The average Bonchev–Trinajstić information content (AvgIpc) is 4.17. The maximum Gasteiger partial charge on any atom is 0.159 e. The Morgan fingerprint density at radius 2 is 0.697 bits per heavy atom. The molecule has 0 aliphatic carbocycles. The third-order valence-corrected chi connectivity index (χ3v) is 15.5. The molecule has 0 aliphatic heterocycles. The zero-order chi connectivity index (χ0) is 51.3. The van der Waals surface area contributed by atoms with E-state index in [-0.39, 0.29) is 23.5 Å². The van der Waals surface area contributed by atoms with Gasteiger partial charge in [-0.1, -0.05) is 198 Å². The van der Waals surface area contributed by atoms with Gasteiger partial charge >= 0.3 is 0 Å². The van der Waals surface area contributed by atoms with Crippen LogP contribution in [0.2, 0.25) is 0 Å². The van der Waals surface area contributed by atoms with Gasteiger partial charge in [0.1, 0.15) is 22.8 Å². The van der Waals surface area contributed by atoms with E-state index >= 15 is 8.78 Å². The summed E-state index contributed by atoms with van der Waals surface area (Å²) in [6.45, 7) is 8.90. The second kappa shape index (κ2) is 17.7. The Hall–Kier alpha value is -9.26. The van der Waals surface area contributed by atoms with Crippen LogP contribution >= 0.6 is 0 Å². The molecule has 0 unspecified atom stereocenters. The summed E-state index contributed by atoms with van der Waals surface area (Å²) in [5.41, 5.74) is 12.1. The van der Waals surface area contributed by atoms with E-state index in [0.717, 1.165) is 110 Å². The van der Waals surface area contributed by atoms with Gasteiger partial charge in [-0.2, -0.15) is 0 Å². The van der Waals surface area contributed by atoms with Crippen molar-refractivity contribution >= 4 is 110 Å². The Morgan fingerprint density at radius 3 is 1.12 bits per heavy atom. The first-order chi connectivity index (χ1) is 37.2. The minimum Gasteiger partial charge on any atom is -0.454 e. The number of para-hydroxylation sites is 6. The summed E-state index contributed by atoms with van der Waals surface area (Å²) in [7, 11) is 0. The lowest BCUT2D eigenvalue weighted by Gasteiger charge is -2.33. The van der Waals surface area contributed by atoms with E-state index in [9.17, 15) is 0 Å². The van der Waals surface area contributed by atoms with Crippen LogP contribution in [0.5, 0.6) is 0 Å². The number of halogens is 2. The Morgan fingerprint density at radius 1 is 0.329 bits per heavy atom. The fourth-order valence-electron chi connectivity index (χ4n) is 12.1. The van der Waals surface area contributed by atoms with Crippen molar-refractivity contribution in [3.63, 3.8) is 0 Å². The van der Waals surface area contributed by atoms with Crippen molar-refractivity contribution in [3.05, 3.63) is 241 Å². The van der Waals surface area contributed by atoms with Crippen LogP contribution in [0, 0.1) is 11.6 Å². The van der Waals surface area contributed by atoms with Crippen LogP contribution in [0.3, 0.4) is 0 Å². The van der Waals surface area contributed by atoms with E-state index in [1.165, 1.54) is 0 Å². The smallest absolute Gasteiger partial charge is 0.159 e. The summed E-state index contributed by atoms with van der Waals surface area (Å²) in [5, 5.41) is 9.97. The van der Waals surface area contributed by atoms with Crippen LogP contribution < -0.4 is 9.80 Å². The highest BCUT2D eigenvalue weighted by molar-refractivity contribution is 6.30. The van der Waals surface area contributed by atoms with Gasteiger partial charge in [0, 0.05) is 43.4 Å². The molecule has 14 aromatic rings. The van der Waals surface area contributed by atoms with Gasteiger partial charge in [0.25, 0.3) is 0 Å². The SMILES string of the molecule is CC(C)c1cc(N(c2c(F)cccc2-c2ccccc2)c2cccc3c2oc2ccccc23)c2ccc3c(C(C)C)cc(N(c4c(F)cccc4-c4ccccc4)c4cccc5c4oc4ccccc45)c4ccc1c2c34. The molecular formula is C70H50F2N2O2. The fraction of sp³-hybridized carbons (Fsp3) is 0.0857. The zero-order valence-corrected chi connectivity index (χ0v) is 42.4. The van der Waals surface area contributed by atoms with Gasteiger partial charge in [0.2, 0.25) is 0 Å². The molecule has 2 heterocycles. The average molecular weight is 989 g/mol. The van der Waals surface area contributed by atoms with Crippen LogP contribution in [-0.2, 0) is 0 Å². The molecule has 14 rings (SSSR count). The molecule has 0 fully saturated rings. The summed E-state index contributed by atoms with van der Waals surface area (Å²) < 4.78 is 49.1. The van der Waals surface area contributed by atoms with E-state index in [1.807, 2.05) is 133 Å². The van der Waals surface area contributed by atoms with Crippen LogP contribution in [0.25, 0.3) is 98.4 Å². The van der Waals surface area contributed by atoms with Crippen LogP contribution in [0.1, 0.15) is 50.7 Å². The van der Waals surface area contributed by atoms with Gasteiger partial charge in [0.05, 0.1) is 34.1 Å². The molecule has 0 saturated carbocycles. The monoisotopic (exact) mass is 988 g/mol. The third-order valence-electron chi connectivity index (χ3n) is 15.5. The predicted octanol–water partition coefficient (Wildman–Crippen LogP) is 21.2. The molecule has 0 spiro atoms. The molecule has 2 aromatic heterocycles. The van der Waals surface area contributed by atoms with Crippen molar-refractivity contribution < 1.29 is 17.6 Å². The number of fused-ring (bicyclic) bond motifs is 6. The fourth-order valence-corrected chi connectivity index (χ4v) is 12.1. The normalized spacial score (nSPS) is 12.1. The highest BCUT2D eigenvalue weighted by atomic mass is 19.1. The lowest BCUT2D eigenvalue weighted by molar-refractivity contribution is 0.628. The Balaban J connectivity index is 1.14. The maximum atomic E-state index is 17.7. The first-order valence-corrected chi connectivity index (χ1v) is 26.1. The van der Waals surface area contributed by atoms with E-state index in [2.05, 4.69) is 98.2 Å². The molecule has 0 bridgehead atoms. The van der Waals surface area contributed by atoms with Crippen molar-refractivity contribution in [2.24, 2.45) is 0 Å². The van der Waals surface area contributed by atoms with Gasteiger partial charge in [-0.25, -0.2) is 8.78 Å². The lowest BCUT2D eigenvalue weighted by atomic mass is 9.83. The predicted molar refractivity (Wildman–Crippen MR) is 313 cm³/mol. The first-order valence-electron chi connectivity index (χ1n) is 26.1. The zero-order valence-electron chi connectivity index (χ0n) is 42.4. The van der Waals surface area contributed by atoms with Crippen LogP contribution in [-0.4, -0.2) is 0 Å². The molecule has 0 N–H and O–H groups in total. The van der Waals surface area contributed by atoms with Gasteiger partial charge in [0.15, 0.2) is 11.2 Å². The molecule has 0 radical (unpaired) electrons. The maximum absolute atomic E-state index is 17.7. The lowest BCUT2D eigenvalue weighted by Crippen LogP contribution is -2.16. The van der Waals surface area contributed by atoms with Crippen molar-refractivity contribution in [2.45, 2.75) is 39.5 Å². The summed E-state index contributed by atoms with van der Waals surface area (Å²) in [6.07, 6.45) is 0. The van der Waals surface area contributed by atoms with Gasteiger partial charge in [-0.15, -0.1) is 0 Å². The Labute approximate surface area is 438 Å². The molecule has 0 atom stereocenters. The molecule has 0 aliphatic rings. The van der Waals surface area contributed by atoms with Crippen molar-refractivity contribution in [1.29, 1.82) is 0 Å². The van der Waals surface area contributed by atoms with Gasteiger partial charge in [-0.05, 0) is 104 Å². The molecular weight excluding hydrogens is 939 g/mol. The topological polar surface area (TPSA) is 32.8 Å². The Bertz CT molecular complexity index is 4280. The highest BCUT2D eigenvalue weighted by Gasteiger charge is 2.32. The molecule has 76 heavy (non-hydrogen) atoms. The van der Waals surface area contributed by atoms with E-state index in [0.29, 0.717) is 33.9 Å². The standard InChI is InChI=1S/C70H50F2N2O2/c1-41(2)55-39-61(73(67-45(25-15-29-57(67)71)43-19-7-5-8-20-43)59-31-17-27-51-47-23-11-13-33-63(47)75-69(51)59)53-38-36-50-56(42(3)4)40-62(54-37-35-49(55)65(53)66(50)54)74(68-46(26-16-30-58(68)72)44-21-9-6-10-22-44)60-32-18-28-52-48-24-12-14-34-64(48)76-70(52)60/h5-42H,1-4H3. The second-order valence-electron chi connectivity index (χ2n) is 20.5. The van der Waals surface area contributed by atoms with Crippen LogP contribution in [0.4, 0.5) is 42.9 Å². The molecule has 0 amide bonds. The molecule has 12 aromatic carbocycles. The largest absolute Gasteiger partial charge is 0.454 e. The summed E-state index contributed by atoms with van der Waals surface area (Å²) in [6, 6.07) is 72.7. The van der Waals surface area contributed by atoms with Crippen molar-refractivity contribution in [1.82, 2.24) is 0 Å². The summed E-state index contributed by atoms with van der Waals surface area (Å²) in [4.78, 5) is 4.20. The van der Waals surface area contributed by atoms with Gasteiger partial charge < -0.3 is 18.6 Å². The number of anilines is 6. The number of rotatable bonds is 10. The quantitative estimate of drug-likeness (QED) is 0.128. The van der Waals surface area contributed by atoms with Gasteiger partial charge in [-0.3, -0.25) is 0 Å². The highest BCUT2D eigenvalue weighted by Crippen LogP contribution is 2.55. The minimum atomic E-state index is -0.370. The minimum absolute atomic E-state index is 0.0550. The Kier molecular flexibility index (Phi) is 10.6. The molecule has 4 nitrogen and oxygen atoms in total. The number of hydrogen-bond donors (Lipinski definition) is 0. The first kappa shape index (κ1) is 45.4. The molecule has 366 valence electrons. The number of nitrogens with zero attached hydrogens (tertiary/aromatic N) is 2. The molecule has 6 heteroatoms. The van der Waals surface area contributed by atoms with E-state index in [4.69, 9.17) is 8.83 Å².